The van der Waals surface area contributed by atoms with Crippen molar-refractivity contribution in [2.75, 3.05) is 5.43 Å². The predicted octanol–water partition coefficient (Wildman–Crippen LogP) is 5.12. The standard InChI is InChI=1S/C19H15ClN4/c1-12-16(14-4-2-3-5-17(14)23-12)11-22-24-18-8-9-21-19-10-13(20)6-7-15(18)19/h2-11,23H,1H3,(H,21,24)/b22-11+. The number of rotatable bonds is 3. The first kappa shape index (κ1) is 14.7. The summed E-state index contributed by atoms with van der Waals surface area (Å²) >= 11 is 6.02. The lowest BCUT2D eigenvalue weighted by Gasteiger charge is -2.05. The molecule has 0 aliphatic rings. The number of para-hydroxylation sites is 1. The van der Waals surface area contributed by atoms with Crippen molar-refractivity contribution in [1.29, 1.82) is 0 Å². The van der Waals surface area contributed by atoms with Crippen LogP contribution in [0, 0.1) is 6.92 Å². The third kappa shape index (κ3) is 2.61. The minimum atomic E-state index is 0.671. The topological polar surface area (TPSA) is 53.1 Å². The van der Waals surface area contributed by atoms with E-state index >= 15 is 0 Å². The van der Waals surface area contributed by atoms with Crippen LogP contribution in [0.2, 0.25) is 5.02 Å². The van der Waals surface area contributed by atoms with E-state index in [1.807, 2.05) is 49.5 Å². The van der Waals surface area contributed by atoms with E-state index in [1.165, 1.54) is 0 Å². The van der Waals surface area contributed by atoms with Gasteiger partial charge in [-0.3, -0.25) is 10.4 Å². The van der Waals surface area contributed by atoms with Crippen LogP contribution in [0.15, 0.2) is 59.8 Å². The summed E-state index contributed by atoms with van der Waals surface area (Å²) in [6.45, 7) is 2.05. The van der Waals surface area contributed by atoms with Crippen molar-refractivity contribution < 1.29 is 0 Å². The van der Waals surface area contributed by atoms with Crippen LogP contribution in [-0.4, -0.2) is 16.2 Å². The summed E-state index contributed by atoms with van der Waals surface area (Å²) in [5.41, 5.74) is 8.13. The second kappa shape index (κ2) is 5.98. The zero-order chi connectivity index (χ0) is 16.5. The van der Waals surface area contributed by atoms with Crippen molar-refractivity contribution in [2.45, 2.75) is 6.92 Å². The molecule has 2 N–H and O–H groups in total. The van der Waals surface area contributed by atoms with Gasteiger partial charge >= 0.3 is 0 Å². The van der Waals surface area contributed by atoms with Crippen LogP contribution in [0.4, 0.5) is 5.69 Å². The first-order valence-corrected chi connectivity index (χ1v) is 8.01. The highest BCUT2D eigenvalue weighted by Gasteiger charge is 2.05. The largest absolute Gasteiger partial charge is 0.358 e. The van der Waals surface area contributed by atoms with Gasteiger partial charge in [0.25, 0.3) is 0 Å². The monoisotopic (exact) mass is 334 g/mol. The molecule has 4 rings (SSSR count). The van der Waals surface area contributed by atoms with Crippen LogP contribution >= 0.6 is 11.6 Å². The summed E-state index contributed by atoms with van der Waals surface area (Å²) in [6.07, 6.45) is 3.59. The van der Waals surface area contributed by atoms with Crippen LogP contribution < -0.4 is 5.43 Å². The predicted molar refractivity (Wildman–Crippen MR) is 101 cm³/mol. The molecule has 2 aromatic heterocycles. The number of halogens is 1. The minimum absolute atomic E-state index is 0.671. The number of nitrogens with zero attached hydrogens (tertiary/aromatic N) is 2. The molecule has 0 atom stereocenters. The maximum atomic E-state index is 6.02. The Bertz CT molecular complexity index is 1070. The van der Waals surface area contributed by atoms with Gasteiger partial charge in [0.1, 0.15) is 0 Å². The molecule has 0 radical (unpaired) electrons. The van der Waals surface area contributed by atoms with E-state index in [-0.39, 0.29) is 0 Å². The molecule has 0 aliphatic carbocycles. The summed E-state index contributed by atoms with van der Waals surface area (Å²) in [5.74, 6) is 0. The average molecular weight is 335 g/mol. The summed E-state index contributed by atoms with van der Waals surface area (Å²) < 4.78 is 0. The molecule has 2 aromatic carbocycles. The highest BCUT2D eigenvalue weighted by atomic mass is 35.5. The van der Waals surface area contributed by atoms with Crippen LogP contribution in [-0.2, 0) is 0 Å². The van der Waals surface area contributed by atoms with E-state index < -0.39 is 0 Å². The van der Waals surface area contributed by atoms with Gasteiger partial charge in [0.15, 0.2) is 0 Å². The molecule has 2 heterocycles. The number of hydrogen-bond donors (Lipinski definition) is 2. The van der Waals surface area contributed by atoms with E-state index in [4.69, 9.17) is 11.6 Å². The molecule has 0 unspecified atom stereocenters. The van der Waals surface area contributed by atoms with E-state index in [2.05, 4.69) is 32.6 Å². The number of aryl methyl sites for hydroxylation is 1. The van der Waals surface area contributed by atoms with Gasteiger partial charge in [0.05, 0.1) is 17.4 Å². The molecule has 4 nitrogen and oxygen atoms in total. The number of fused-ring (bicyclic) bond motifs is 2. The van der Waals surface area contributed by atoms with E-state index in [9.17, 15) is 0 Å². The molecule has 0 spiro atoms. The third-order valence-corrected chi connectivity index (χ3v) is 4.26. The molecule has 0 aliphatic heterocycles. The maximum absolute atomic E-state index is 6.02. The fourth-order valence-corrected chi connectivity index (χ4v) is 3.02. The Labute approximate surface area is 144 Å². The Balaban J connectivity index is 1.67. The molecule has 0 fully saturated rings. The molecule has 5 heteroatoms. The van der Waals surface area contributed by atoms with Crippen LogP contribution in [0.1, 0.15) is 11.3 Å². The van der Waals surface area contributed by atoms with Gasteiger partial charge in [-0.15, -0.1) is 0 Å². The van der Waals surface area contributed by atoms with Crippen LogP contribution in [0.25, 0.3) is 21.8 Å². The Morgan fingerprint density at radius 3 is 2.92 bits per heavy atom. The van der Waals surface area contributed by atoms with Gasteiger partial charge in [-0.05, 0) is 37.3 Å². The average Bonchev–Trinajstić information content (AvgIpc) is 2.90. The summed E-state index contributed by atoms with van der Waals surface area (Å²) in [7, 11) is 0. The van der Waals surface area contributed by atoms with E-state index in [0.29, 0.717) is 5.02 Å². The van der Waals surface area contributed by atoms with Crippen LogP contribution in [0.5, 0.6) is 0 Å². The number of H-pyrrole nitrogens is 1. The zero-order valence-corrected chi connectivity index (χ0v) is 13.8. The number of pyridine rings is 1. The van der Waals surface area contributed by atoms with Crippen molar-refractivity contribution in [3.8, 4) is 0 Å². The smallest absolute Gasteiger partial charge is 0.0738 e. The lowest BCUT2D eigenvalue weighted by Crippen LogP contribution is -1.93. The fourth-order valence-electron chi connectivity index (χ4n) is 2.85. The van der Waals surface area contributed by atoms with Crippen molar-refractivity contribution in [3.63, 3.8) is 0 Å². The minimum Gasteiger partial charge on any atom is -0.358 e. The summed E-state index contributed by atoms with van der Waals surface area (Å²) in [5, 5.41) is 7.22. The third-order valence-electron chi connectivity index (χ3n) is 4.03. The van der Waals surface area contributed by atoms with Crippen molar-refractivity contribution in [2.24, 2.45) is 5.10 Å². The van der Waals surface area contributed by atoms with Gasteiger partial charge in [-0.25, -0.2) is 0 Å². The molecular formula is C19H15ClN4. The first-order chi connectivity index (χ1) is 11.7. The molecule has 0 amide bonds. The number of hydrogen-bond acceptors (Lipinski definition) is 3. The van der Waals surface area contributed by atoms with Gasteiger partial charge in [0, 0.05) is 38.8 Å². The molecular weight excluding hydrogens is 320 g/mol. The van der Waals surface area contributed by atoms with Crippen molar-refractivity contribution in [3.05, 3.63) is 71.0 Å². The Morgan fingerprint density at radius 1 is 1.12 bits per heavy atom. The molecule has 24 heavy (non-hydrogen) atoms. The Kier molecular flexibility index (Phi) is 3.67. The summed E-state index contributed by atoms with van der Waals surface area (Å²) in [4.78, 5) is 7.70. The molecule has 0 bridgehead atoms. The number of aromatic nitrogens is 2. The maximum Gasteiger partial charge on any atom is 0.0738 e. The quantitative estimate of drug-likeness (QED) is 0.403. The number of anilines is 1. The van der Waals surface area contributed by atoms with Crippen LogP contribution in [0.3, 0.4) is 0 Å². The molecule has 0 saturated carbocycles. The lowest BCUT2D eigenvalue weighted by molar-refractivity contribution is 1.28. The second-order valence-electron chi connectivity index (χ2n) is 5.60. The Hall–Kier alpha value is -2.85. The van der Waals surface area contributed by atoms with E-state index in [0.717, 1.165) is 38.8 Å². The van der Waals surface area contributed by atoms with Gasteiger partial charge in [-0.1, -0.05) is 29.8 Å². The zero-order valence-electron chi connectivity index (χ0n) is 13.0. The van der Waals surface area contributed by atoms with Crippen molar-refractivity contribution >= 4 is 45.3 Å². The van der Waals surface area contributed by atoms with E-state index in [1.54, 1.807) is 6.20 Å². The van der Waals surface area contributed by atoms with Gasteiger partial charge < -0.3 is 4.98 Å². The molecule has 118 valence electrons. The number of hydrazone groups is 1. The SMILES string of the molecule is Cc1[nH]c2ccccc2c1/C=N/Nc1ccnc2cc(Cl)ccc12. The highest BCUT2D eigenvalue weighted by Crippen LogP contribution is 2.24. The van der Waals surface area contributed by atoms with Gasteiger partial charge in [0.2, 0.25) is 0 Å². The fraction of sp³-hybridized carbons (Fsp3) is 0.0526. The number of benzene rings is 2. The second-order valence-corrected chi connectivity index (χ2v) is 6.04. The Morgan fingerprint density at radius 2 is 2.00 bits per heavy atom. The van der Waals surface area contributed by atoms with Crippen molar-refractivity contribution in [1.82, 2.24) is 9.97 Å². The number of nitrogens with one attached hydrogen (secondary N) is 2. The molecule has 4 aromatic rings. The lowest BCUT2D eigenvalue weighted by atomic mass is 10.1. The van der Waals surface area contributed by atoms with Gasteiger partial charge in [-0.2, -0.15) is 5.10 Å². The normalized spacial score (nSPS) is 11.6. The summed E-state index contributed by atoms with van der Waals surface area (Å²) in [6, 6.07) is 15.7. The number of aromatic amines is 1. The molecule has 0 saturated heterocycles. The first-order valence-electron chi connectivity index (χ1n) is 7.63. The highest BCUT2D eigenvalue weighted by molar-refractivity contribution is 6.31.